The molecule has 1 aliphatic carbocycles. The minimum atomic E-state index is -0.937. The number of hydrogen-bond donors (Lipinski definition) is 1. The van der Waals surface area contributed by atoms with Crippen LogP contribution in [0.25, 0.3) is 0 Å². The highest BCUT2D eigenvalue weighted by Gasteiger charge is 2.41. The van der Waals surface area contributed by atoms with E-state index in [0.29, 0.717) is 5.75 Å². The molecule has 0 saturated heterocycles. The first kappa shape index (κ1) is 20.6. The molecular weight excluding hydrogens is 383 g/mol. The fourth-order valence-corrected chi connectivity index (χ4v) is 7.38. The topological polar surface area (TPSA) is 20.2 Å². The van der Waals surface area contributed by atoms with E-state index in [4.69, 9.17) is 0 Å². The van der Waals surface area contributed by atoms with Gasteiger partial charge >= 0.3 is 0 Å². The summed E-state index contributed by atoms with van der Waals surface area (Å²) in [6.45, 7) is 8.63. The van der Waals surface area contributed by atoms with Crippen LogP contribution < -0.4 is 10.6 Å². The van der Waals surface area contributed by atoms with Gasteiger partial charge in [0.25, 0.3) is 0 Å². The quantitative estimate of drug-likeness (QED) is 0.488. The van der Waals surface area contributed by atoms with Crippen molar-refractivity contribution in [2.24, 2.45) is 0 Å². The van der Waals surface area contributed by atoms with Gasteiger partial charge in [-0.2, -0.15) is 0 Å². The summed E-state index contributed by atoms with van der Waals surface area (Å²) in [6, 6.07) is 25.7. The zero-order chi connectivity index (χ0) is 21.4. The largest absolute Gasteiger partial charge is 0.507 e. The molecule has 1 aliphatic rings. The number of aryl methyl sites for hydroxylation is 1. The average Bonchev–Trinajstić information content (AvgIpc) is 3.22. The number of phenolic OH excluding ortho intramolecular Hbond substituents is 1. The maximum absolute atomic E-state index is 11.6. The van der Waals surface area contributed by atoms with Crippen LogP contribution in [-0.2, 0) is 10.6 Å². The molecule has 4 rings (SSSR count). The van der Waals surface area contributed by atoms with Crippen LogP contribution in [0.15, 0.2) is 97.1 Å². The highest BCUT2D eigenvalue weighted by molar-refractivity contribution is 7.74. The van der Waals surface area contributed by atoms with Gasteiger partial charge in [-0.25, -0.2) is 0 Å². The summed E-state index contributed by atoms with van der Waals surface area (Å²) in [5.74, 6) is 0.437. The molecule has 3 aromatic rings. The van der Waals surface area contributed by atoms with Crippen LogP contribution >= 0.6 is 7.92 Å². The predicted octanol–water partition coefficient (Wildman–Crippen LogP) is 6.45. The van der Waals surface area contributed by atoms with Gasteiger partial charge in [0.2, 0.25) is 0 Å². The third-order valence-electron chi connectivity index (χ3n) is 5.72. The molecule has 30 heavy (non-hydrogen) atoms. The molecule has 0 spiro atoms. The molecule has 2 heteroatoms. The van der Waals surface area contributed by atoms with Crippen LogP contribution in [0.4, 0.5) is 0 Å². The van der Waals surface area contributed by atoms with E-state index in [-0.39, 0.29) is 10.6 Å². The maximum atomic E-state index is 11.6. The van der Waals surface area contributed by atoms with E-state index in [0.717, 1.165) is 10.9 Å². The smallest absolute Gasteiger partial charge is 0.127 e. The summed E-state index contributed by atoms with van der Waals surface area (Å²) in [7, 11) is -0.937. The molecule has 0 aromatic heterocycles. The van der Waals surface area contributed by atoms with E-state index in [1.165, 1.54) is 16.4 Å². The first-order valence-electron chi connectivity index (χ1n) is 10.4. The molecule has 1 N–H and O–H groups in total. The van der Waals surface area contributed by atoms with Crippen LogP contribution in [0.5, 0.6) is 5.75 Å². The summed E-state index contributed by atoms with van der Waals surface area (Å²) in [5.41, 5.74) is 3.31. The number of aromatic hydroxyl groups is 1. The van der Waals surface area contributed by atoms with Gasteiger partial charge in [0, 0.05) is 10.9 Å². The normalized spacial score (nSPS) is 16.0. The van der Waals surface area contributed by atoms with Crippen molar-refractivity contribution in [2.75, 3.05) is 0 Å². The van der Waals surface area contributed by atoms with Gasteiger partial charge in [-0.1, -0.05) is 112 Å². The van der Waals surface area contributed by atoms with Crippen molar-refractivity contribution in [1.82, 2.24) is 0 Å². The molecule has 152 valence electrons. The Balaban J connectivity index is 2.04. The highest BCUT2D eigenvalue weighted by Crippen LogP contribution is 2.59. The lowest BCUT2D eigenvalue weighted by atomic mass is 9.85. The van der Waals surface area contributed by atoms with E-state index in [1.54, 1.807) is 0 Å². The van der Waals surface area contributed by atoms with Gasteiger partial charge in [0.05, 0.1) is 5.16 Å². The van der Waals surface area contributed by atoms with Gasteiger partial charge in [-0.05, 0) is 42.8 Å². The lowest BCUT2D eigenvalue weighted by molar-refractivity contribution is 0.450. The zero-order valence-corrected chi connectivity index (χ0v) is 19.0. The minimum absolute atomic E-state index is 0.135. The lowest BCUT2D eigenvalue weighted by Crippen LogP contribution is -2.30. The lowest BCUT2D eigenvalue weighted by Gasteiger charge is -2.38. The van der Waals surface area contributed by atoms with Gasteiger partial charge < -0.3 is 5.11 Å². The molecule has 0 fully saturated rings. The number of phenols is 1. The fourth-order valence-electron chi connectivity index (χ4n) is 4.27. The number of rotatable bonds is 4. The Hall–Kier alpha value is -2.63. The summed E-state index contributed by atoms with van der Waals surface area (Å²) in [5, 5.41) is 13.6. The van der Waals surface area contributed by atoms with Crippen LogP contribution in [-0.4, -0.2) is 5.11 Å². The second kappa shape index (κ2) is 7.89. The first-order chi connectivity index (χ1) is 14.3. The Morgan fingerprint density at radius 2 is 1.37 bits per heavy atom. The maximum Gasteiger partial charge on any atom is 0.127 e. The number of benzene rings is 3. The predicted molar refractivity (Wildman–Crippen MR) is 131 cm³/mol. The third kappa shape index (κ3) is 3.64. The van der Waals surface area contributed by atoms with E-state index in [9.17, 15) is 5.11 Å². The molecule has 1 unspecified atom stereocenters. The van der Waals surface area contributed by atoms with Crippen molar-refractivity contribution >= 4 is 18.5 Å². The Kier molecular flexibility index (Phi) is 5.43. The summed E-state index contributed by atoms with van der Waals surface area (Å²) < 4.78 is 0. The molecule has 3 aromatic carbocycles. The fraction of sp³-hybridized carbons (Fsp3) is 0.214. The van der Waals surface area contributed by atoms with Crippen LogP contribution in [0.1, 0.15) is 37.5 Å². The molecule has 0 saturated carbocycles. The molecular formula is C28H29OP. The monoisotopic (exact) mass is 412 g/mol. The average molecular weight is 413 g/mol. The minimum Gasteiger partial charge on any atom is -0.507 e. The Morgan fingerprint density at radius 3 is 1.93 bits per heavy atom. The Morgan fingerprint density at radius 1 is 0.800 bits per heavy atom. The van der Waals surface area contributed by atoms with Crippen LogP contribution in [0.3, 0.4) is 0 Å². The Labute approximate surface area is 181 Å². The third-order valence-corrected chi connectivity index (χ3v) is 8.65. The molecule has 0 amide bonds. The molecule has 1 nitrogen and oxygen atoms in total. The standard InChI is InChI=1S/C28H29OP/c1-21-19-24(27(2,3)4)26(29)25(20-21)30(23-15-9-6-10-16-23)28(17-11-12-18-28)22-13-7-5-8-14-22/h5-20,29H,1-4H3. The van der Waals surface area contributed by atoms with Crippen molar-refractivity contribution in [3.63, 3.8) is 0 Å². The van der Waals surface area contributed by atoms with E-state index in [1.807, 2.05) is 0 Å². The van der Waals surface area contributed by atoms with E-state index in [2.05, 4.69) is 125 Å². The van der Waals surface area contributed by atoms with Crippen molar-refractivity contribution < 1.29 is 5.11 Å². The van der Waals surface area contributed by atoms with Crippen molar-refractivity contribution in [2.45, 2.75) is 38.3 Å². The van der Waals surface area contributed by atoms with Crippen LogP contribution in [0, 0.1) is 6.92 Å². The molecule has 0 radical (unpaired) electrons. The highest BCUT2D eigenvalue weighted by atomic mass is 31.1. The molecule has 0 aliphatic heterocycles. The van der Waals surface area contributed by atoms with Crippen LogP contribution in [0.2, 0.25) is 0 Å². The second-order valence-electron chi connectivity index (χ2n) is 9.01. The van der Waals surface area contributed by atoms with Gasteiger partial charge in [-0.3, -0.25) is 0 Å². The first-order valence-corrected chi connectivity index (χ1v) is 11.8. The summed E-state index contributed by atoms with van der Waals surface area (Å²) in [6.07, 6.45) is 8.89. The van der Waals surface area contributed by atoms with Gasteiger partial charge in [-0.15, -0.1) is 0 Å². The summed E-state index contributed by atoms with van der Waals surface area (Å²) >= 11 is 0. The SMILES string of the molecule is Cc1cc(P(c2ccccc2)C2(c3ccccc3)C=CC=C2)c(O)c(C(C)(C)C)c1. The second-order valence-corrected chi connectivity index (χ2v) is 11.4. The molecule has 0 bridgehead atoms. The molecule has 1 atom stereocenters. The van der Waals surface area contributed by atoms with Gasteiger partial charge in [0.1, 0.15) is 5.75 Å². The van der Waals surface area contributed by atoms with Crippen molar-refractivity contribution in [3.05, 3.63) is 114 Å². The summed E-state index contributed by atoms with van der Waals surface area (Å²) in [4.78, 5) is 0. The molecule has 0 heterocycles. The van der Waals surface area contributed by atoms with Crippen molar-refractivity contribution in [3.8, 4) is 5.75 Å². The van der Waals surface area contributed by atoms with E-state index < -0.39 is 7.92 Å². The number of hydrogen-bond acceptors (Lipinski definition) is 1. The number of allylic oxidation sites excluding steroid dienone is 4. The van der Waals surface area contributed by atoms with E-state index >= 15 is 0 Å². The van der Waals surface area contributed by atoms with Gasteiger partial charge in [0.15, 0.2) is 0 Å². The Bertz CT molecular complexity index is 1080. The zero-order valence-electron chi connectivity index (χ0n) is 18.1. The van der Waals surface area contributed by atoms with Crippen molar-refractivity contribution in [1.29, 1.82) is 0 Å².